The molecule has 2 N–H and O–H groups in total. The molecule has 0 aliphatic heterocycles. The van der Waals surface area contributed by atoms with Crippen LogP contribution in [0.25, 0.3) is 0 Å². The molecule has 0 radical (unpaired) electrons. The average molecular weight is 207 g/mol. The highest BCUT2D eigenvalue weighted by Crippen LogP contribution is 2.03. The van der Waals surface area contributed by atoms with Gasteiger partial charge in [-0.05, 0) is 13.8 Å². The van der Waals surface area contributed by atoms with E-state index in [4.69, 9.17) is 5.73 Å². The highest BCUT2D eigenvalue weighted by molar-refractivity contribution is 7.82. The molecule has 2 atom stereocenters. The highest BCUT2D eigenvalue weighted by Gasteiger charge is 2.26. The van der Waals surface area contributed by atoms with Gasteiger partial charge in [0, 0.05) is 0 Å². The van der Waals surface area contributed by atoms with E-state index in [9.17, 15) is 9.59 Å². The van der Waals surface area contributed by atoms with Crippen molar-refractivity contribution in [2.24, 2.45) is 5.73 Å². The molecule has 0 aliphatic carbocycles. The molecule has 5 heteroatoms. The van der Waals surface area contributed by atoms with Gasteiger partial charge in [-0.15, -0.1) is 0 Å². The largest absolute Gasteiger partial charge is 0.315 e. The SMILES string of the molecule is CC(S)C(=O)C(N)C(=O)C(C)S. The van der Waals surface area contributed by atoms with Gasteiger partial charge in [-0.2, -0.15) is 25.3 Å². The molecular formula is C7H13NO2S2. The van der Waals surface area contributed by atoms with Gasteiger partial charge in [0.1, 0.15) is 6.04 Å². The first kappa shape index (κ1) is 12.0. The maximum absolute atomic E-state index is 11.1. The smallest absolute Gasteiger partial charge is 0.169 e. The van der Waals surface area contributed by atoms with E-state index in [1.165, 1.54) is 0 Å². The Labute approximate surface area is 82.9 Å². The van der Waals surface area contributed by atoms with Crippen molar-refractivity contribution in [1.82, 2.24) is 0 Å². The van der Waals surface area contributed by atoms with Crippen LogP contribution in [0.3, 0.4) is 0 Å². The summed E-state index contributed by atoms with van der Waals surface area (Å²) in [5.74, 6) is -0.714. The van der Waals surface area contributed by atoms with Gasteiger partial charge in [-0.25, -0.2) is 0 Å². The van der Waals surface area contributed by atoms with Crippen LogP contribution in [0.4, 0.5) is 0 Å². The quantitative estimate of drug-likeness (QED) is 0.452. The van der Waals surface area contributed by atoms with E-state index in [2.05, 4.69) is 25.3 Å². The van der Waals surface area contributed by atoms with Crippen molar-refractivity contribution in [3.05, 3.63) is 0 Å². The van der Waals surface area contributed by atoms with Crippen molar-refractivity contribution >= 4 is 36.8 Å². The molecule has 70 valence electrons. The summed E-state index contributed by atoms with van der Waals surface area (Å²) in [6, 6.07) is -1.08. The Hall–Kier alpha value is -0.000000000000000111. The molecular weight excluding hydrogens is 194 g/mol. The fourth-order valence-corrected chi connectivity index (χ4v) is 0.981. The van der Waals surface area contributed by atoms with Crippen LogP contribution in [0.15, 0.2) is 0 Å². The Morgan fingerprint density at radius 3 is 1.50 bits per heavy atom. The Morgan fingerprint density at radius 2 is 1.33 bits per heavy atom. The molecule has 0 aromatic carbocycles. The predicted molar refractivity (Wildman–Crippen MR) is 54.9 cm³/mol. The molecule has 0 rings (SSSR count). The minimum Gasteiger partial charge on any atom is -0.315 e. The standard InChI is InChI=1S/C7H13NO2S2/c1-3(11)6(9)5(8)7(10)4(2)12/h3-5,11-12H,8H2,1-2H3. The lowest BCUT2D eigenvalue weighted by molar-refractivity contribution is -0.128. The van der Waals surface area contributed by atoms with E-state index >= 15 is 0 Å². The van der Waals surface area contributed by atoms with Crippen molar-refractivity contribution in [3.8, 4) is 0 Å². The van der Waals surface area contributed by atoms with Crippen LogP contribution >= 0.6 is 25.3 Å². The van der Waals surface area contributed by atoms with Crippen molar-refractivity contribution < 1.29 is 9.59 Å². The zero-order valence-corrected chi connectivity index (χ0v) is 8.81. The fraction of sp³-hybridized carbons (Fsp3) is 0.714. The molecule has 0 saturated heterocycles. The zero-order chi connectivity index (χ0) is 9.89. The van der Waals surface area contributed by atoms with Crippen molar-refractivity contribution in [2.75, 3.05) is 0 Å². The molecule has 0 saturated carbocycles. The lowest BCUT2D eigenvalue weighted by Crippen LogP contribution is -2.45. The van der Waals surface area contributed by atoms with Gasteiger partial charge >= 0.3 is 0 Å². The second-order valence-electron chi connectivity index (χ2n) is 2.63. The number of nitrogens with two attached hydrogens (primary N) is 1. The Balaban J connectivity index is 4.30. The third-order valence-corrected chi connectivity index (χ3v) is 1.95. The number of Topliss-reactive ketones (excluding diaryl/α,β-unsaturated/α-hetero) is 2. The van der Waals surface area contributed by atoms with Gasteiger partial charge in [0.05, 0.1) is 10.5 Å². The molecule has 0 fully saturated rings. The molecule has 2 unspecified atom stereocenters. The van der Waals surface area contributed by atoms with Crippen LogP contribution in [0, 0.1) is 0 Å². The molecule has 0 spiro atoms. The summed E-state index contributed by atoms with van der Waals surface area (Å²) in [7, 11) is 0. The van der Waals surface area contributed by atoms with E-state index in [1.807, 2.05) is 0 Å². The fourth-order valence-electron chi connectivity index (χ4n) is 0.660. The lowest BCUT2D eigenvalue weighted by Gasteiger charge is -2.12. The third kappa shape index (κ3) is 3.16. The summed E-state index contributed by atoms with van der Waals surface area (Å²) in [6.45, 7) is 3.17. The number of carbonyl (C=O) groups is 2. The maximum Gasteiger partial charge on any atom is 0.169 e. The number of thiol groups is 2. The summed E-state index contributed by atoms with van der Waals surface area (Å²) in [5.41, 5.74) is 5.37. The average Bonchev–Trinajstić information content (AvgIpc) is 2.00. The normalized spacial score (nSPS) is 18.1. The summed E-state index contributed by atoms with van der Waals surface area (Å²) >= 11 is 7.78. The zero-order valence-electron chi connectivity index (χ0n) is 7.02. The monoisotopic (exact) mass is 207 g/mol. The number of hydrogen-bond donors (Lipinski definition) is 3. The van der Waals surface area contributed by atoms with E-state index < -0.39 is 16.5 Å². The Bertz CT molecular complexity index is 172. The van der Waals surface area contributed by atoms with Crippen LogP contribution in [0.2, 0.25) is 0 Å². The summed E-state index contributed by atoms with van der Waals surface area (Å²) in [5, 5.41) is -1.01. The predicted octanol–water partition coefficient (Wildman–Crippen LogP) is 0.0885. The van der Waals surface area contributed by atoms with Crippen LogP contribution in [0.1, 0.15) is 13.8 Å². The van der Waals surface area contributed by atoms with Crippen LogP contribution in [-0.4, -0.2) is 28.1 Å². The number of hydrogen-bond acceptors (Lipinski definition) is 5. The Morgan fingerprint density at radius 1 is 1.08 bits per heavy atom. The van der Waals surface area contributed by atoms with Crippen molar-refractivity contribution in [1.29, 1.82) is 0 Å². The second kappa shape index (κ2) is 4.89. The third-order valence-electron chi connectivity index (χ3n) is 1.44. The molecule has 12 heavy (non-hydrogen) atoms. The molecule has 0 bridgehead atoms. The van der Waals surface area contributed by atoms with Gasteiger partial charge in [-0.3, -0.25) is 9.59 Å². The molecule has 0 aromatic heterocycles. The minimum absolute atomic E-state index is 0.357. The molecule has 3 nitrogen and oxygen atoms in total. The first-order valence-electron chi connectivity index (χ1n) is 3.57. The van der Waals surface area contributed by atoms with E-state index in [1.54, 1.807) is 13.8 Å². The summed E-state index contributed by atoms with van der Waals surface area (Å²) in [6.07, 6.45) is 0. The number of carbonyl (C=O) groups excluding carboxylic acids is 2. The summed E-state index contributed by atoms with van der Waals surface area (Å²) < 4.78 is 0. The lowest BCUT2D eigenvalue weighted by atomic mass is 10.0. The van der Waals surface area contributed by atoms with Gasteiger partial charge in [0.25, 0.3) is 0 Å². The summed E-state index contributed by atoms with van der Waals surface area (Å²) in [4.78, 5) is 22.3. The van der Waals surface area contributed by atoms with Crippen LogP contribution in [-0.2, 0) is 9.59 Å². The van der Waals surface area contributed by atoms with Gasteiger partial charge in [0.2, 0.25) is 0 Å². The van der Waals surface area contributed by atoms with E-state index in [-0.39, 0.29) is 11.6 Å². The van der Waals surface area contributed by atoms with Gasteiger partial charge < -0.3 is 5.73 Å². The highest BCUT2D eigenvalue weighted by atomic mass is 32.1. The number of ketones is 2. The molecule has 0 aromatic rings. The van der Waals surface area contributed by atoms with E-state index in [0.717, 1.165) is 0 Å². The molecule has 0 amide bonds. The van der Waals surface area contributed by atoms with E-state index in [0.29, 0.717) is 0 Å². The number of rotatable bonds is 4. The van der Waals surface area contributed by atoms with Crippen molar-refractivity contribution in [2.45, 2.75) is 30.4 Å². The van der Waals surface area contributed by atoms with Crippen molar-refractivity contribution in [3.63, 3.8) is 0 Å². The minimum atomic E-state index is -1.08. The Kier molecular flexibility index (Phi) is 4.89. The first-order valence-corrected chi connectivity index (χ1v) is 4.60. The topological polar surface area (TPSA) is 60.2 Å². The molecule has 0 heterocycles. The molecule has 0 aliphatic rings. The maximum atomic E-state index is 11.1. The van der Waals surface area contributed by atoms with Gasteiger partial charge in [-0.1, -0.05) is 0 Å². The first-order chi connectivity index (χ1) is 5.37. The van der Waals surface area contributed by atoms with Crippen LogP contribution < -0.4 is 5.73 Å². The van der Waals surface area contributed by atoms with Crippen LogP contribution in [0.5, 0.6) is 0 Å². The second-order valence-corrected chi connectivity index (χ2v) is 4.18. The van der Waals surface area contributed by atoms with Gasteiger partial charge in [0.15, 0.2) is 11.6 Å².